The van der Waals surface area contributed by atoms with Crippen molar-refractivity contribution in [3.05, 3.63) is 64.7 Å². The maximum Gasteiger partial charge on any atom is 0.408 e. The number of unbranched alkanes of at least 4 members (excludes halogenated alkanes) is 2. The second-order valence-corrected chi connectivity index (χ2v) is 10.2. The van der Waals surface area contributed by atoms with Gasteiger partial charge in [-0.2, -0.15) is 0 Å². The molecule has 196 valence electrons. The third-order valence-electron chi connectivity index (χ3n) is 5.92. The van der Waals surface area contributed by atoms with Crippen molar-refractivity contribution in [3.63, 3.8) is 0 Å². The number of nitrogens with one attached hydrogen (secondary N) is 2. The van der Waals surface area contributed by atoms with Crippen LogP contribution in [0.3, 0.4) is 0 Å². The number of para-hydroxylation sites is 1. The van der Waals surface area contributed by atoms with Crippen LogP contribution in [0.4, 0.5) is 10.5 Å². The maximum absolute atomic E-state index is 13.7. The quantitative estimate of drug-likeness (QED) is 0.406. The second-order valence-electron chi connectivity index (χ2n) is 10.2. The summed E-state index contributed by atoms with van der Waals surface area (Å²) < 4.78 is 5.28. The van der Waals surface area contributed by atoms with Crippen molar-refractivity contribution in [2.24, 2.45) is 0 Å². The molecule has 2 aromatic rings. The van der Waals surface area contributed by atoms with E-state index >= 15 is 0 Å². The molecule has 0 fully saturated rings. The molecule has 1 unspecified atom stereocenters. The highest BCUT2D eigenvalue weighted by Crippen LogP contribution is 2.27. The molecule has 3 amide bonds. The fourth-order valence-electron chi connectivity index (χ4n) is 3.82. The number of amides is 3. The van der Waals surface area contributed by atoms with Gasteiger partial charge in [0.05, 0.1) is 0 Å². The van der Waals surface area contributed by atoms with E-state index in [9.17, 15) is 14.4 Å². The largest absolute Gasteiger partial charge is 0.444 e. The molecule has 0 saturated carbocycles. The van der Waals surface area contributed by atoms with Crippen molar-refractivity contribution in [1.82, 2.24) is 10.2 Å². The second kappa shape index (κ2) is 13.1. The first-order valence-corrected chi connectivity index (χ1v) is 12.6. The first kappa shape index (κ1) is 28.9. The van der Waals surface area contributed by atoms with Crippen molar-refractivity contribution in [3.8, 4) is 0 Å². The molecule has 0 radical (unpaired) electrons. The van der Waals surface area contributed by atoms with Crippen molar-refractivity contribution >= 4 is 23.6 Å². The summed E-state index contributed by atoms with van der Waals surface area (Å²) in [4.78, 5) is 41.0. The van der Waals surface area contributed by atoms with Crippen LogP contribution in [0, 0.1) is 20.8 Å². The van der Waals surface area contributed by atoms with Gasteiger partial charge in [-0.25, -0.2) is 4.79 Å². The van der Waals surface area contributed by atoms with Gasteiger partial charge in [0.15, 0.2) is 0 Å². The number of nitrogens with zero attached hydrogens (tertiary/aromatic N) is 1. The summed E-state index contributed by atoms with van der Waals surface area (Å²) >= 11 is 0. The van der Waals surface area contributed by atoms with Crippen molar-refractivity contribution in [1.29, 1.82) is 0 Å². The normalized spacial score (nSPS) is 12.0. The molecule has 2 N–H and O–H groups in total. The van der Waals surface area contributed by atoms with E-state index in [-0.39, 0.29) is 18.4 Å². The number of ether oxygens (including phenoxy) is 1. The van der Waals surface area contributed by atoms with Gasteiger partial charge in [0, 0.05) is 12.2 Å². The van der Waals surface area contributed by atoms with Gasteiger partial charge in [-0.3, -0.25) is 9.59 Å². The number of alkyl carbamates (subject to hydrolysis) is 1. The Balaban J connectivity index is 2.40. The minimum absolute atomic E-state index is 0.264. The van der Waals surface area contributed by atoms with Crippen LogP contribution in [0.15, 0.2) is 42.5 Å². The van der Waals surface area contributed by atoms with Crippen molar-refractivity contribution in [2.45, 2.75) is 79.4 Å². The molecule has 1 atom stereocenters. The standard InChI is InChI=1S/C29H41N3O4/c1-8-9-12-17-32(25(33)19-30-28(35)36-29(5,6)7)26(23-16-15-20(2)22(4)18-23)27(34)31-24-14-11-10-13-21(24)3/h10-11,13-16,18,26H,8-9,12,17,19H2,1-7H3,(H,30,35)(H,31,34). The highest BCUT2D eigenvalue weighted by Gasteiger charge is 2.32. The molecule has 0 saturated heterocycles. The zero-order valence-corrected chi connectivity index (χ0v) is 22.7. The molecule has 36 heavy (non-hydrogen) atoms. The van der Waals surface area contributed by atoms with E-state index in [1.54, 1.807) is 25.7 Å². The molecular weight excluding hydrogens is 454 g/mol. The number of anilines is 1. The SMILES string of the molecule is CCCCCN(C(=O)CNC(=O)OC(C)(C)C)C(C(=O)Nc1ccccc1C)c1ccc(C)c(C)c1. The smallest absolute Gasteiger partial charge is 0.408 e. The van der Waals surface area contributed by atoms with Crippen LogP contribution in [0.1, 0.15) is 75.3 Å². The Morgan fingerprint density at radius 2 is 1.64 bits per heavy atom. The molecule has 0 heterocycles. The van der Waals surface area contributed by atoms with Gasteiger partial charge in [0.25, 0.3) is 5.91 Å². The lowest BCUT2D eigenvalue weighted by Crippen LogP contribution is -2.47. The topological polar surface area (TPSA) is 87.7 Å². The third kappa shape index (κ3) is 8.70. The van der Waals surface area contributed by atoms with Crippen LogP contribution in [-0.2, 0) is 14.3 Å². The molecule has 2 aromatic carbocycles. The first-order chi connectivity index (χ1) is 16.9. The number of carbonyl (C=O) groups excluding carboxylic acids is 3. The van der Waals surface area contributed by atoms with Crippen molar-refractivity contribution in [2.75, 3.05) is 18.4 Å². The molecule has 7 nitrogen and oxygen atoms in total. The average molecular weight is 496 g/mol. The van der Waals surface area contributed by atoms with E-state index in [1.807, 2.05) is 63.2 Å². The van der Waals surface area contributed by atoms with Crippen LogP contribution in [0.25, 0.3) is 0 Å². The number of aryl methyl sites for hydroxylation is 3. The molecule has 7 heteroatoms. The van der Waals surface area contributed by atoms with Gasteiger partial charge in [-0.1, -0.05) is 56.2 Å². The summed E-state index contributed by atoms with van der Waals surface area (Å²) in [6, 6.07) is 12.5. The van der Waals surface area contributed by atoms with Gasteiger partial charge in [-0.15, -0.1) is 0 Å². The fourth-order valence-corrected chi connectivity index (χ4v) is 3.82. The Bertz CT molecular complexity index is 1060. The lowest BCUT2D eigenvalue weighted by Gasteiger charge is -2.32. The molecule has 0 aliphatic carbocycles. The zero-order valence-electron chi connectivity index (χ0n) is 22.7. The Kier molecular flexibility index (Phi) is 10.5. The Labute approximate surface area is 215 Å². The van der Waals surface area contributed by atoms with E-state index in [0.717, 1.165) is 41.5 Å². The van der Waals surface area contributed by atoms with Gasteiger partial charge >= 0.3 is 6.09 Å². The summed E-state index contributed by atoms with van der Waals surface area (Å²) in [5.74, 6) is -0.644. The van der Waals surface area contributed by atoms with Gasteiger partial charge in [0.1, 0.15) is 18.2 Å². The van der Waals surface area contributed by atoms with Gasteiger partial charge in [0.2, 0.25) is 5.91 Å². The number of hydrogen-bond donors (Lipinski definition) is 2. The molecule has 0 aromatic heterocycles. The maximum atomic E-state index is 13.7. The summed E-state index contributed by atoms with van der Waals surface area (Å²) in [6.45, 7) is 13.4. The van der Waals surface area contributed by atoms with Gasteiger partial charge in [-0.05, 0) is 76.3 Å². The average Bonchev–Trinajstić information content (AvgIpc) is 2.79. The van der Waals surface area contributed by atoms with Gasteiger partial charge < -0.3 is 20.3 Å². The summed E-state index contributed by atoms with van der Waals surface area (Å²) in [5, 5.41) is 5.57. The van der Waals surface area contributed by atoms with Crippen molar-refractivity contribution < 1.29 is 19.1 Å². The lowest BCUT2D eigenvalue weighted by molar-refractivity contribution is -0.138. The van der Waals surface area contributed by atoms with E-state index in [0.29, 0.717) is 12.2 Å². The van der Waals surface area contributed by atoms with E-state index < -0.39 is 17.7 Å². The minimum Gasteiger partial charge on any atom is -0.444 e. The van der Waals surface area contributed by atoms with E-state index in [1.165, 1.54) is 0 Å². The number of benzene rings is 2. The van der Waals surface area contributed by atoms with Crippen LogP contribution >= 0.6 is 0 Å². The Morgan fingerprint density at radius 1 is 0.944 bits per heavy atom. The zero-order chi connectivity index (χ0) is 26.9. The summed E-state index contributed by atoms with van der Waals surface area (Å²) in [5.41, 5.74) is 3.82. The molecular formula is C29H41N3O4. The third-order valence-corrected chi connectivity index (χ3v) is 5.92. The minimum atomic E-state index is -0.853. The number of hydrogen-bond acceptors (Lipinski definition) is 4. The van der Waals surface area contributed by atoms with Crippen LogP contribution < -0.4 is 10.6 Å². The summed E-state index contributed by atoms with van der Waals surface area (Å²) in [6.07, 6.45) is 1.97. The fraction of sp³-hybridized carbons (Fsp3) is 0.483. The van der Waals surface area contributed by atoms with Crippen LogP contribution in [-0.4, -0.2) is 41.5 Å². The molecule has 0 aliphatic heterocycles. The van der Waals surface area contributed by atoms with E-state index in [2.05, 4.69) is 17.6 Å². The molecule has 2 rings (SSSR count). The predicted molar refractivity (Wildman–Crippen MR) is 144 cm³/mol. The Hall–Kier alpha value is -3.35. The van der Waals surface area contributed by atoms with E-state index in [4.69, 9.17) is 4.74 Å². The van der Waals surface area contributed by atoms with Crippen LogP contribution in [0.2, 0.25) is 0 Å². The first-order valence-electron chi connectivity index (χ1n) is 12.6. The lowest BCUT2D eigenvalue weighted by atomic mass is 9.98. The number of carbonyl (C=O) groups is 3. The monoisotopic (exact) mass is 495 g/mol. The van der Waals surface area contributed by atoms with Crippen LogP contribution in [0.5, 0.6) is 0 Å². The molecule has 0 aliphatic rings. The highest BCUT2D eigenvalue weighted by atomic mass is 16.6. The summed E-state index contributed by atoms with van der Waals surface area (Å²) in [7, 11) is 0. The molecule has 0 bridgehead atoms. The highest BCUT2D eigenvalue weighted by molar-refractivity contribution is 5.98. The number of rotatable bonds is 10. The Morgan fingerprint density at radius 3 is 2.25 bits per heavy atom. The predicted octanol–water partition coefficient (Wildman–Crippen LogP) is 5.84. The molecule has 0 spiro atoms.